The number of halogens is 1. The van der Waals surface area contributed by atoms with E-state index in [1.807, 2.05) is 34.6 Å². The van der Waals surface area contributed by atoms with E-state index in [2.05, 4.69) is 5.32 Å². The maximum absolute atomic E-state index is 11.1. The Balaban J connectivity index is 3.78. The highest BCUT2D eigenvalue weighted by Gasteiger charge is 2.19. The van der Waals surface area contributed by atoms with Gasteiger partial charge in [-0.1, -0.05) is 0 Å². The molecule has 0 bridgehead atoms. The Morgan fingerprint density at radius 1 is 1.31 bits per heavy atom. The summed E-state index contributed by atoms with van der Waals surface area (Å²) in [5, 5.41) is 2.59. The van der Waals surface area contributed by atoms with Crippen molar-refractivity contribution in [3.63, 3.8) is 0 Å². The molecule has 0 saturated heterocycles. The Morgan fingerprint density at radius 2 is 1.77 bits per heavy atom. The monoisotopic (exact) mass is 207 g/mol. The van der Waals surface area contributed by atoms with E-state index in [-0.39, 0.29) is 0 Å². The highest BCUT2D eigenvalue weighted by Crippen LogP contribution is 2.11. The molecule has 0 spiro atoms. The fraction of sp³-hybridized carbons (Fsp3) is 0.889. The predicted molar refractivity (Wildman–Crippen MR) is 54.2 cm³/mol. The summed E-state index contributed by atoms with van der Waals surface area (Å²) in [5.74, 6) is 0. The maximum Gasteiger partial charge on any atom is 0.407 e. The van der Waals surface area contributed by atoms with Crippen molar-refractivity contribution in [2.75, 3.05) is 6.54 Å². The highest BCUT2D eigenvalue weighted by atomic mass is 35.5. The zero-order chi connectivity index (χ0) is 10.7. The number of hydrogen-bond acceptors (Lipinski definition) is 2. The van der Waals surface area contributed by atoms with Crippen molar-refractivity contribution in [2.45, 2.75) is 45.1 Å². The molecule has 0 aromatic carbocycles. The fourth-order valence-electron chi connectivity index (χ4n) is 0.597. The summed E-state index contributed by atoms with van der Waals surface area (Å²) >= 11 is 5.88. The Hall–Kier alpha value is -0.440. The van der Waals surface area contributed by atoms with E-state index in [4.69, 9.17) is 16.3 Å². The summed E-state index contributed by atoms with van der Waals surface area (Å²) in [4.78, 5) is 10.7. The van der Waals surface area contributed by atoms with Crippen molar-refractivity contribution in [1.82, 2.24) is 5.32 Å². The molecule has 0 aromatic heterocycles. The summed E-state index contributed by atoms with van der Waals surface area (Å²) in [6.45, 7) is 9.50. The summed E-state index contributed by atoms with van der Waals surface area (Å²) < 4.78 is 5.02. The molecule has 0 fully saturated rings. The van der Waals surface area contributed by atoms with Crippen molar-refractivity contribution in [2.24, 2.45) is 0 Å². The summed E-state index contributed by atoms with van der Waals surface area (Å²) in [6.07, 6.45) is -0.429. The fourth-order valence-corrected chi connectivity index (χ4v) is 0.663. The smallest absolute Gasteiger partial charge is 0.407 e. The molecule has 0 heterocycles. The second kappa shape index (κ2) is 4.18. The first kappa shape index (κ1) is 12.6. The Kier molecular flexibility index (Phi) is 4.04. The van der Waals surface area contributed by atoms with E-state index in [1.165, 1.54) is 0 Å². The molecule has 0 aromatic rings. The van der Waals surface area contributed by atoms with Gasteiger partial charge in [0.25, 0.3) is 0 Å². The number of ether oxygens (including phenoxy) is 1. The van der Waals surface area contributed by atoms with Crippen LogP contribution in [0.4, 0.5) is 4.79 Å². The van der Waals surface area contributed by atoms with E-state index < -0.39 is 16.6 Å². The van der Waals surface area contributed by atoms with Crippen molar-refractivity contribution in [1.29, 1.82) is 0 Å². The second-order valence-corrected chi connectivity index (χ2v) is 5.60. The van der Waals surface area contributed by atoms with Gasteiger partial charge >= 0.3 is 6.09 Å². The lowest BCUT2D eigenvalue weighted by molar-refractivity contribution is 0.0523. The largest absolute Gasteiger partial charge is 0.444 e. The number of rotatable bonds is 2. The Bertz CT molecular complexity index is 179. The molecule has 0 unspecified atom stereocenters. The van der Waals surface area contributed by atoms with Crippen molar-refractivity contribution in [3.8, 4) is 0 Å². The molecule has 0 aliphatic carbocycles. The Labute approximate surface area is 84.8 Å². The van der Waals surface area contributed by atoms with Gasteiger partial charge in [0, 0.05) is 6.54 Å². The molecule has 0 rings (SSSR count). The molecule has 0 atom stereocenters. The number of carbonyl (C=O) groups is 1. The van der Waals surface area contributed by atoms with Gasteiger partial charge in [-0.05, 0) is 34.6 Å². The van der Waals surface area contributed by atoms with E-state index in [0.717, 1.165) is 0 Å². The molecular weight excluding hydrogens is 190 g/mol. The zero-order valence-electron chi connectivity index (χ0n) is 8.90. The van der Waals surface area contributed by atoms with Gasteiger partial charge in [-0.15, -0.1) is 11.6 Å². The standard InChI is InChI=1S/C9H18ClNO2/c1-8(2,3)13-7(12)11-6-9(4,5)10/h6H2,1-5H3,(H,11,12). The van der Waals surface area contributed by atoms with Crippen LogP contribution in [0.2, 0.25) is 0 Å². The van der Waals surface area contributed by atoms with E-state index in [9.17, 15) is 4.79 Å². The molecule has 0 radical (unpaired) electrons. The van der Waals surface area contributed by atoms with Gasteiger partial charge in [0.1, 0.15) is 5.60 Å². The third-order valence-corrected chi connectivity index (χ3v) is 1.19. The zero-order valence-corrected chi connectivity index (χ0v) is 9.66. The maximum atomic E-state index is 11.1. The first-order chi connectivity index (χ1) is 5.60. The topological polar surface area (TPSA) is 38.3 Å². The van der Waals surface area contributed by atoms with Crippen LogP contribution in [0.3, 0.4) is 0 Å². The number of carbonyl (C=O) groups excluding carboxylic acids is 1. The van der Waals surface area contributed by atoms with E-state index in [0.29, 0.717) is 6.54 Å². The van der Waals surface area contributed by atoms with Crippen LogP contribution >= 0.6 is 11.6 Å². The number of alkyl carbamates (subject to hydrolysis) is 1. The lowest BCUT2D eigenvalue weighted by Crippen LogP contribution is -2.38. The van der Waals surface area contributed by atoms with E-state index in [1.54, 1.807) is 0 Å². The Morgan fingerprint density at radius 3 is 2.08 bits per heavy atom. The summed E-state index contributed by atoms with van der Waals surface area (Å²) in [6, 6.07) is 0. The highest BCUT2D eigenvalue weighted by molar-refractivity contribution is 6.23. The van der Waals surface area contributed by atoms with Gasteiger partial charge in [-0.2, -0.15) is 0 Å². The molecule has 0 aliphatic heterocycles. The molecule has 0 aliphatic rings. The first-order valence-electron chi connectivity index (χ1n) is 4.26. The van der Waals surface area contributed by atoms with E-state index >= 15 is 0 Å². The SMILES string of the molecule is CC(C)(Cl)CNC(=O)OC(C)(C)C. The number of alkyl halides is 1. The van der Waals surface area contributed by atoms with Crippen LogP contribution in [0.5, 0.6) is 0 Å². The minimum atomic E-state index is -0.458. The lowest BCUT2D eigenvalue weighted by atomic mass is 10.2. The van der Waals surface area contributed by atoms with Gasteiger partial charge in [-0.25, -0.2) is 4.79 Å². The number of amides is 1. The van der Waals surface area contributed by atoms with Crippen molar-refractivity contribution >= 4 is 17.7 Å². The molecule has 1 N–H and O–H groups in total. The summed E-state index contributed by atoms with van der Waals surface area (Å²) in [7, 11) is 0. The van der Waals surface area contributed by atoms with Crippen molar-refractivity contribution in [3.05, 3.63) is 0 Å². The van der Waals surface area contributed by atoms with Crippen LogP contribution in [0, 0.1) is 0 Å². The minimum Gasteiger partial charge on any atom is -0.444 e. The molecule has 13 heavy (non-hydrogen) atoms. The quantitative estimate of drug-likeness (QED) is 0.707. The normalized spacial score (nSPS) is 12.5. The molecular formula is C9H18ClNO2. The third-order valence-electron chi connectivity index (χ3n) is 1.05. The number of nitrogens with one attached hydrogen (secondary N) is 1. The third kappa shape index (κ3) is 9.47. The van der Waals surface area contributed by atoms with Crippen LogP contribution in [-0.4, -0.2) is 23.1 Å². The molecule has 4 heteroatoms. The predicted octanol–water partition coefficient (Wildman–Crippen LogP) is 2.53. The van der Waals surface area contributed by atoms with Crippen LogP contribution in [0.25, 0.3) is 0 Å². The molecule has 0 saturated carbocycles. The van der Waals surface area contributed by atoms with Crippen LogP contribution in [0.15, 0.2) is 0 Å². The molecule has 1 amide bonds. The van der Waals surface area contributed by atoms with Gasteiger partial charge in [0.05, 0.1) is 4.87 Å². The average Bonchev–Trinajstić information content (AvgIpc) is 1.78. The number of hydrogen-bond donors (Lipinski definition) is 1. The van der Waals surface area contributed by atoms with Gasteiger partial charge in [-0.3, -0.25) is 0 Å². The average molecular weight is 208 g/mol. The second-order valence-electron chi connectivity index (χ2n) is 4.57. The van der Waals surface area contributed by atoms with Gasteiger partial charge < -0.3 is 10.1 Å². The van der Waals surface area contributed by atoms with Crippen molar-refractivity contribution < 1.29 is 9.53 Å². The van der Waals surface area contributed by atoms with Gasteiger partial charge in [0.15, 0.2) is 0 Å². The molecule has 3 nitrogen and oxygen atoms in total. The van der Waals surface area contributed by atoms with Crippen LogP contribution < -0.4 is 5.32 Å². The minimum absolute atomic E-state index is 0.392. The summed E-state index contributed by atoms with van der Waals surface area (Å²) in [5.41, 5.74) is -0.458. The lowest BCUT2D eigenvalue weighted by Gasteiger charge is -2.22. The first-order valence-corrected chi connectivity index (χ1v) is 4.64. The van der Waals surface area contributed by atoms with Gasteiger partial charge in [0.2, 0.25) is 0 Å². The van der Waals surface area contributed by atoms with Crippen LogP contribution in [0.1, 0.15) is 34.6 Å². The van der Waals surface area contributed by atoms with Crippen LogP contribution in [-0.2, 0) is 4.74 Å². The molecule has 78 valence electrons.